The van der Waals surface area contributed by atoms with Gasteiger partial charge in [0, 0.05) is 16.5 Å². The van der Waals surface area contributed by atoms with Gasteiger partial charge in [-0.1, -0.05) is 18.2 Å². The number of nitrogens with one attached hydrogen (secondary N) is 1. The second-order valence-electron chi connectivity index (χ2n) is 3.98. The minimum absolute atomic E-state index is 0.304. The lowest BCUT2D eigenvalue weighted by Crippen LogP contribution is -1.91. The molecular weight excluding hydrogens is 376 g/mol. The lowest BCUT2D eigenvalue weighted by atomic mass is 10.0. The maximum atomic E-state index is 13.9. The normalized spacial score (nSPS) is 10.8. The predicted molar refractivity (Wildman–Crippen MR) is 84.4 cm³/mol. The highest BCUT2D eigenvalue weighted by atomic mass is 127. The van der Waals surface area contributed by atoms with Crippen molar-refractivity contribution in [2.75, 3.05) is 5.73 Å². The first-order chi connectivity index (χ1) is 9.16. The van der Waals surface area contributed by atoms with Crippen LogP contribution in [0.1, 0.15) is 0 Å². The van der Waals surface area contributed by atoms with Crippen LogP contribution in [0.25, 0.3) is 22.4 Å². The first-order valence-electron chi connectivity index (χ1n) is 5.50. The summed E-state index contributed by atoms with van der Waals surface area (Å²) in [6.07, 6.45) is 0. The van der Waals surface area contributed by atoms with Gasteiger partial charge in [0.05, 0.1) is 14.1 Å². The maximum absolute atomic E-state index is 13.9. The maximum Gasteiger partial charge on any atom is 0.153 e. The molecule has 3 nitrogen and oxygen atoms in total. The Hall–Kier alpha value is -1.41. The summed E-state index contributed by atoms with van der Waals surface area (Å²) < 4.78 is 15.1. The number of nitrogens with zero attached hydrogens (tertiary/aromatic N) is 1. The van der Waals surface area contributed by atoms with Crippen molar-refractivity contribution in [1.82, 2.24) is 10.2 Å². The summed E-state index contributed by atoms with van der Waals surface area (Å²) in [5.74, 6) is 0.00286. The van der Waals surface area contributed by atoms with Gasteiger partial charge < -0.3 is 5.73 Å². The zero-order valence-corrected chi connectivity index (χ0v) is 12.6. The van der Waals surface area contributed by atoms with Gasteiger partial charge in [0.1, 0.15) is 5.82 Å². The third-order valence-electron chi connectivity index (χ3n) is 2.79. The Morgan fingerprint density at radius 2 is 2.11 bits per heavy atom. The number of nitrogens with two attached hydrogens (primary N) is 1. The van der Waals surface area contributed by atoms with Crippen molar-refractivity contribution < 1.29 is 4.39 Å². The van der Waals surface area contributed by atoms with Crippen molar-refractivity contribution in [3.63, 3.8) is 0 Å². The van der Waals surface area contributed by atoms with Crippen LogP contribution < -0.4 is 5.73 Å². The molecule has 2 aromatic heterocycles. The molecule has 0 fully saturated rings. The monoisotopic (exact) mass is 385 g/mol. The van der Waals surface area contributed by atoms with Crippen molar-refractivity contribution in [2.24, 2.45) is 0 Å². The van der Waals surface area contributed by atoms with E-state index in [1.54, 1.807) is 29.5 Å². The van der Waals surface area contributed by atoms with Crippen LogP contribution in [0, 0.1) is 8.70 Å². The molecule has 0 saturated carbocycles. The van der Waals surface area contributed by atoms with Gasteiger partial charge in [0.15, 0.2) is 5.82 Å². The molecule has 0 aliphatic heterocycles. The molecule has 0 unspecified atom stereocenters. The Labute approximate surface area is 126 Å². The van der Waals surface area contributed by atoms with E-state index >= 15 is 0 Å². The molecule has 6 heteroatoms. The van der Waals surface area contributed by atoms with E-state index in [0.29, 0.717) is 16.9 Å². The first kappa shape index (κ1) is 12.6. The number of H-pyrrole nitrogens is 1. The Kier molecular flexibility index (Phi) is 3.28. The number of nitrogen functional groups attached to an aromatic ring is 1. The SMILES string of the molecule is Nc1n[nH]c(-c2csc(I)c2)c1-c1ccccc1F. The standard InChI is InChI=1S/C13H9FIN3S/c14-9-4-2-1-3-8(9)11-12(17-18-13(11)16)7-5-10(15)19-6-7/h1-6H,(H3,16,17,18). The average molecular weight is 385 g/mol. The Bertz CT molecular complexity index is 735. The van der Waals surface area contributed by atoms with E-state index in [4.69, 9.17) is 5.73 Å². The van der Waals surface area contributed by atoms with E-state index in [1.807, 2.05) is 11.4 Å². The molecule has 0 aliphatic carbocycles. The first-order valence-corrected chi connectivity index (χ1v) is 7.46. The van der Waals surface area contributed by atoms with Crippen LogP contribution in [-0.2, 0) is 0 Å². The summed E-state index contributed by atoms with van der Waals surface area (Å²) in [5.41, 5.74) is 8.68. The van der Waals surface area contributed by atoms with Gasteiger partial charge >= 0.3 is 0 Å². The minimum Gasteiger partial charge on any atom is -0.382 e. The molecule has 96 valence electrons. The molecule has 0 amide bonds. The van der Waals surface area contributed by atoms with Crippen molar-refractivity contribution in [3.8, 4) is 22.4 Å². The Balaban J connectivity index is 2.22. The molecule has 0 radical (unpaired) electrons. The average Bonchev–Trinajstić information content (AvgIpc) is 2.96. The second kappa shape index (κ2) is 4.93. The zero-order chi connectivity index (χ0) is 13.4. The number of anilines is 1. The number of hydrogen-bond donors (Lipinski definition) is 2. The van der Waals surface area contributed by atoms with Gasteiger partial charge in [-0.15, -0.1) is 11.3 Å². The van der Waals surface area contributed by atoms with Crippen LogP contribution in [0.3, 0.4) is 0 Å². The number of rotatable bonds is 2. The fourth-order valence-corrected chi connectivity index (χ4v) is 3.28. The smallest absolute Gasteiger partial charge is 0.153 e. The minimum atomic E-state index is -0.304. The van der Waals surface area contributed by atoms with Crippen LogP contribution in [0.15, 0.2) is 35.7 Å². The van der Waals surface area contributed by atoms with E-state index in [0.717, 1.165) is 14.1 Å². The molecule has 0 saturated heterocycles. The summed E-state index contributed by atoms with van der Waals surface area (Å²) in [6.45, 7) is 0. The fourth-order valence-electron chi connectivity index (χ4n) is 1.94. The molecule has 0 aliphatic rings. The van der Waals surface area contributed by atoms with Gasteiger partial charge in [-0.2, -0.15) is 5.10 Å². The number of aromatic amines is 1. The summed E-state index contributed by atoms with van der Waals surface area (Å²) >= 11 is 3.87. The molecule has 0 bridgehead atoms. The molecule has 2 heterocycles. The largest absolute Gasteiger partial charge is 0.382 e. The molecule has 0 atom stereocenters. The number of hydrogen-bond acceptors (Lipinski definition) is 3. The van der Waals surface area contributed by atoms with Crippen LogP contribution in [0.5, 0.6) is 0 Å². The van der Waals surface area contributed by atoms with Gasteiger partial charge in [-0.25, -0.2) is 4.39 Å². The number of aromatic nitrogens is 2. The topological polar surface area (TPSA) is 54.7 Å². The highest BCUT2D eigenvalue weighted by molar-refractivity contribution is 14.1. The van der Waals surface area contributed by atoms with Crippen LogP contribution in [-0.4, -0.2) is 10.2 Å². The molecule has 1 aromatic carbocycles. The molecule has 19 heavy (non-hydrogen) atoms. The van der Waals surface area contributed by atoms with E-state index < -0.39 is 0 Å². The quantitative estimate of drug-likeness (QED) is 0.652. The Morgan fingerprint density at radius 3 is 2.79 bits per heavy atom. The van der Waals surface area contributed by atoms with E-state index in [-0.39, 0.29) is 5.82 Å². The van der Waals surface area contributed by atoms with Crippen molar-refractivity contribution in [1.29, 1.82) is 0 Å². The van der Waals surface area contributed by atoms with E-state index in [9.17, 15) is 4.39 Å². The molecule has 3 rings (SSSR count). The van der Waals surface area contributed by atoms with Crippen LogP contribution in [0.2, 0.25) is 0 Å². The number of benzene rings is 1. The van der Waals surface area contributed by atoms with E-state index in [2.05, 4.69) is 32.8 Å². The van der Waals surface area contributed by atoms with Crippen molar-refractivity contribution >= 4 is 39.7 Å². The van der Waals surface area contributed by atoms with Crippen molar-refractivity contribution in [2.45, 2.75) is 0 Å². The second-order valence-corrected chi connectivity index (χ2v) is 6.78. The third-order valence-corrected chi connectivity index (χ3v) is 4.58. The molecule has 3 N–H and O–H groups in total. The van der Waals surface area contributed by atoms with Gasteiger partial charge in [0.25, 0.3) is 0 Å². The fraction of sp³-hybridized carbons (Fsp3) is 0. The van der Waals surface area contributed by atoms with Gasteiger partial charge in [0.2, 0.25) is 0 Å². The summed E-state index contributed by atoms with van der Waals surface area (Å²) in [7, 11) is 0. The number of thiophene rings is 1. The lowest BCUT2D eigenvalue weighted by Gasteiger charge is -2.04. The van der Waals surface area contributed by atoms with E-state index in [1.165, 1.54) is 6.07 Å². The summed E-state index contributed by atoms with van der Waals surface area (Å²) in [4.78, 5) is 0. The van der Waals surface area contributed by atoms with Crippen molar-refractivity contribution in [3.05, 3.63) is 44.4 Å². The van der Waals surface area contributed by atoms with Crippen LogP contribution >= 0.6 is 33.9 Å². The third kappa shape index (κ3) is 2.25. The predicted octanol–water partition coefficient (Wildman–Crippen LogP) is 4.13. The summed E-state index contributed by atoms with van der Waals surface area (Å²) in [5, 5.41) is 8.90. The van der Waals surface area contributed by atoms with Gasteiger partial charge in [-0.3, -0.25) is 5.10 Å². The lowest BCUT2D eigenvalue weighted by molar-refractivity contribution is 0.631. The molecule has 3 aromatic rings. The molecular formula is C13H9FIN3S. The number of halogens is 2. The highest BCUT2D eigenvalue weighted by Gasteiger charge is 2.18. The van der Waals surface area contributed by atoms with Gasteiger partial charge in [-0.05, 0) is 34.7 Å². The zero-order valence-electron chi connectivity index (χ0n) is 9.65. The highest BCUT2D eigenvalue weighted by Crippen LogP contribution is 2.37. The van der Waals surface area contributed by atoms with Crippen LogP contribution in [0.4, 0.5) is 10.2 Å². The summed E-state index contributed by atoms with van der Waals surface area (Å²) in [6, 6.07) is 8.58. The Morgan fingerprint density at radius 1 is 1.32 bits per heavy atom. The molecule has 0 spiro atoms.